The second-order valence-corrected chi connectivity index (χ2v) is 9.71. The summed E-state index contributed by atoms with van der Waals surface area (Å²) in [6.07, 6.45) is 10.0. The van der Waals surface area contributed by atoms with Gasteiger partial charge in [-0.3, -0.25) is 0 Å². The molecular formula is C25H32FN5. The van der Waals surface area contributed by atoms with E-state index in [1.165, 1.54) is 5.56 Å². The molecule has 0 amide bonds. The molecule has 4 rings (SSSR count). The van der Waals surface area contributed by atoms with Crippen molar-refractivity contribution in [3.05, 3.63) is 46.9 Å². The highest BCUT2D eigenvalue weighted by Crippen LogP contribution is 2.40. The number of hydrogen-bond acceptors (Lipinski definition) is 5. The Balaban J connectivity index is 1.66. The van der Waals surface area contributed by atoms with Crippen LogP contribution >= 0.6 is 0 Å². The molecule has 3 heterocycles. The maximum atomic E-state index is 13.9. The van der Waals surface area contributed by atoms with E-state index in [0.717, 1.165) is 59.6 Å². The molecule has 0 saturated carbocycles. The van der Waals surface area contributed by atoms with Gasteiger partial charge in [0.05, 0.1) is 12.2 Å². The number of hydrogen-bond donors (Lipinski definition) is 1. The number of anilines is 1. The third-order valence-corrected chi connectivity index (χ3v) is 5.87. The lowest BCUT2D eigenvalue weighted by molar-refractivity contribution is 0.234. The number of allylic oxidation sites excluding steroid dienone is 1. The van der Waals surface area contributed by atoms with Gasteiger partial charge in [0.15, 0.2) is 5.82 Å². The fourth-order valence-electron chi connectivity index (χ4n) is 4.32. The summed E-state index contributed by atoms with van der Waals surface area (Å²) >= 11 is 0. The molecule has 0 bridgehead atoms. The summed E-state index contributed by atoms with van der Waals surface area (Å²) < 4.78 is 13.9. The Morgan fingerprint density at radius 3 is 2.77 bits per heavy atom. The van der Waals surface area contributed by atoms with Crippen LogP contribution in [0, 0.1) is 5.92 Å². The van der Waals surface area contributed by atoms with Crippen molar-refractivity contribution >= 4 is 23.1 Å². The van der Waals surface area contributed by atoms with Gasteiger partial charge in [-0.05, 0) is 64.0 Å². The lowest BCUT2D eigenvalue weighted by Crippen LogP contribution is -2.25. The van der Waals surface area contributed by atoms with Crippen molar-refractivity contribution in [2.24, 2.45) is 10.9 Å². The Labute approximate surface area is 184 Å². The van der Waals surface area contributed by atoms with Crippen LogP contribution in [0.4, 0.5) is 16.2 Å². The molecule has 5 nitrogen and oxygen atoms in total. The van der Waals surface area contributed by atoms with E-state index < -0.39 is 5.67 Å². The predicted molar refractivity (Wildman–Crippen MR) is 125 cm³/mol. The minimum atomic E-state index is -1.32. The summed E-state index contributed by atoms with van der Waals surface area (Å²) in [5, 5.41) is 3.03. The van der Waals surface area contributed by atoms with Gasteiger partial charge >= 0.3 is 0 Å². The van der Waals surface area contributed by atoms with Gasteiger partial charge in [-0.2, -0.15) is 0 Å². The first-order chi connectivity index (χ1) is 14.7. The number of fused-ring (bicyclic) bond motifs is 2. The van der Waals surface area contributed by atoms with Gasteiger partial charge in [0.1, 0.15) is 5.67 Å². The molecule has 0 radical (unpaired) electrons. The summed E-state index contributed by atoms with van der Waals surface area (Å²) in [6, 6.07) is 2.26. The lowest BCUT2D eigenvalue weighted by Gasteiger charge is -2.17. The molecule has 6 heteroatoms. The minimum Gasteiger partial charge on any atom is -0.351 e. The zero-order valence-corrected chi connectivity index (χ0v) is 19.2. The van der Waals surface area contributed by atoms with Crippen molar-refractivity contribution in [1.82, 2.24) is 15.0 Å². The Bertz CT molecular complexity index is 1030. The van der Waals surface area contributed by atoms with Gasteiger partial charge in [0.25, 0.3) is 0 Å². The molecule has 0 unspecified atom stereocenters. The van der Waals surface area contributed by atoms with Crippen LogP contribution in [0.25, 0.3) is 5.57 Å². The normalized spacial score (nSPS) is 18.2. The monoisotopic (exact) mass is 421 g/mol. The highest BCUT2D eigenvalue weighted by molar-refractivity contribution is 5.96. The van der Waals surface area contributed by atoms with Crippen LogP contribution in [-0.4, -0.2) is 32.9 Å². The Morgan fingerprint density at radius 1 is 1.23 bits per heavy atom. The minimum absolute atomic E-state index is 0.180. The van der Waals surface area contributed by atoms with E-state index in [1.807, 2.05) is 12.4 Å². The molecular weight excluding hydrogens is 389 g/mol. The molecule has 0 spiro atoms. The van der Waals surface area contributed by atoms with Gasteiger partial charge in [-0.25, -0.2) is 24.3 Å². The fourth-order valence-corrected chi connectivity index (χ4v) is 4.32. The summed E-state index contributed by atoms with van der Waals surface area (Å²) in [4.78, 5) is 18.6. The number of nitrogens with one attached hydrogen (secondary N) is 1. The maximum Gasteiger partial charge on any atom is 0.222 e. The van der Waals surface area contributed by atoms with Gasteiger partial charge in [-0.15, -0.1) is 0 Å². The van der Waals surface area contributed by atoms with Crippen molar-refractivity contribution in [3.8, 4) is 0 Å². The van der Waals surface area contributed by atoms with Gasteiger partial charge in [-0.1, -0.05) is 19.9 Å². The number of rotatable bonds is 6. The smallest absolute Gasteiger partial charge is 0.222 e. The molecule has 164 valence electrons. The molecule has 31 heavy (non-hydrogen) atoms. The van der Waals surface area contributed by atoms with Crippen LogP contribution < -0.4 is 5.32 Å². The van der Waals surface area contributed by atoms with Crippen molar-refractivity contribution in [2.45, 2.75) is 71.9 Å². The SMILES string of the molecule is CC1=Nc2ncc(C3=CCCCc4nc(NCC(C)(C)F)ncc43)cc2[C@@H]1CC(C)C. The molecule has 1 aliphatic heterocycles. The predicted octanol–water partition coefficient (Wildman–Crippen LogP) is 6.04. The van der Waals surface area contributed by atoms with Crippen molar-refractivity contribution < 1.29 is 4.39 Å². The quantitative estimate of drug-likeness (QED) is 0.618. The first-order valence-electron chi connectivity index (χ1n) is 11.3. The highest BCUT2D eigenvalue weighted by atomic mass is 19.1. The van der Waals surface area contributed by atoms with Crippen LogP contribution in [0.2, 0.25) is 0 Å². The van der Waals surface area contributed by atoms with Crippen molar-refractivity contribution in [3.63, 3.8) is 0 Å². The zero-order valence-electron chi connectivity index (χ0n) is 19.2. The largest absolute Gasteiger partial charge is 0.351 e. The third-order valence-electron chi connectivity index (χ3n) is 5.87. The molecule has 2 aromatic rings. The van der Waals surface area contributed by atoms with E-state index >= 15 is 0 Å². The number of halogens is 1. The topological polar surface area (TPSA) is 63.1 Å². The Hall–Kier alpha value is -2.63. The first kappa shape index (κ1) is 21.6. The number of aliphatic imine (C=N–C) groups is 1. The molecule has 0 saturated heterocycles. The van der Waals surface area contributed by atoms with Crippen LogP contribution in [0.15, 0.2) is 29.5 Å². The highest BCUT2D eigenvalue weighted by Gasteiger charge is 2.27. The standard InChI is InChI=1S/C25H32FN5/c1-15(2)10-19-16(3)30-23-20(19)11-17(12-27-23)18-8-6-7-9-22-21(18)13-28-24(31-22)29-14-25(4,5)26/h8,11-13,15,19H,6-7,9-10,14H2,1-5H3,(H,28,29,31)/t19-/m1/s1. The zero-order chi connectivity index (χ0) is 22.2. The number of aryl methyl sites for hydroxylation is 1. The van der Waals surface area contributed by atoms with E-state index in [-0.39, 0.29) is 6.54 Å². The fraction of sp³-hybridized carbons (Fsp3) is 0.520. The summed E-state index contributed by atoms with van der Waals surface area (Å²) in [7, 11) is 0. The van der Waals surface area contributed by atoms with Gasteiger partial charge < -0.3 is 5.32 Å². The van der Waals surface area contributed by atoms with E-state index in [0.29, 0.717) is 17.8 Å². The average molecular weight is 422 g/mol. The maximum absolute atomic E-state index is 13.9. The summed E-state index contributed by atoms with van der Waals surface area (Å²) in [5.41, 5.74) is 5.33. The summed E-state index contributed by atoms with van der Waals surface area (Å²) in [5.74, 6) is 2.26. The van der Waals surface area contributed by atoms with E-state index in [4.69, 9.17) is 15.0 Å². The molecule has 1 atom stereocenters. The molecule has 2 aliphatic rings. The molecule has 0 aromatic carbocycles. The lowest BCUT2D eigenvalue weighted by atomic mass is 9.87. The van der Waals surface area contributed by atoms with E-state index in [1.54, 1.807) is 13.8 Å². The third kappa shape index (κ3) is 4.83. The van der Waals surface area contributed by atoms with Crippen LogP contribution in [0.3, 0.4) is 0 Å². The van der Waals surface area contributed by atoms with E-state index in [2.05, 4.69) is 43.2 Å². The van der Waals surface area contributed by atoms with Crippen molar-refractivity contribution in [2.75, 3.05) is 11.9 Å². The van der Waals surface area contributed by atoms with Crippen LogP contribution in [-0.2, 0) is 6.42 Å². The second-order valence-electron chi connectivity index (χ2n) is 9.71. The molecule has 2 aromatic heterocycles. The van der Waals surface area contributed by atoms with Gasteiger partial charge in [0.2, 0.25) is 5.95 Å². The number of nitrogens with zero attached hydrogens (tertiary/aromatic N) is 4. The van der Waals surface area contributed by atoms with Crippen LogP contribution in [0.5, 0.6) is 0 Å². The molecule has 1 aliphatic carbocycles. The Kier molecular flexibility index (Phi) is 5.91. The molecule has 1 N–H and O–H groups in total. The Morgan fingerprint density at radius 2 is 2.03 bits per heavy atom. The second kappa shape index (κ2) is 8.48. The number of aromatic nitrogens is 3. The van der Waals surface area contributed by atoms with Crippen LogP contribution in [0.1, 0.15) is 82.2 Å². The van der Waals surface area contributed by atoms with Gasteiger partial charge in [0, 0.05) is 40.7 Å². The first-order valence-corrected chi connectivity index (χ1v) is 11.3. The summed E-state index contributed by atoms with van der Waals surface area (Å²) in [6.45, 7) is 9.88. The molecule has 0 fully saturated rings. The number of pyridine rings is 1. The van der Waals surface area contributed by atoms with E-state index in [9.17, 15) is 4.39 Å². The average Bonchev–Trinajstić information content (AvgIpc) is 2.87. The number of alkyl halides is 1. The van der Waals surface area contributed by atoms with Crippen molar-refractivity contribution in [1.29, 1.82) is 0 Å².